The predicted molar refractivity (Wildman–Crippen MR) is 197 cm³/mol. The summed E-state index contributed by atoms with van der Waals surface area (Å²) in [7, 11) is 0. The number of aliphatic hydroxyl groups is 1. The number of hydrogen-bond donors (Lipinski definition) is 1. The Morgan fingerprint density at radius 2 is 0.547 bits per heavy atom. The highest BCUT2D eigenvalue weighted by Crippen LogP contribution is 2.07. The topological polar surface area (TPSA) is 167 Å². The van der Waals surface area contributed by atoms with Crippen LogP contribution in [0.25, 0.3) is 0 Å². The van der Waals surface area contributed by atoms with Crippen molar-refractivity contribution in [2.45, 2.75) is 51.9 Å². The number of unbranched alkanes of at least 4 members (excludes halogenated alkanes) is 5. The summed E-state index contributed by atoms with van der Waals surface area (Å²) in [5.74, 6) is -0.147. The number of rotatable bonds is 48. The van der Waals surface area contributed by atoms with E-state index in [1.807, 2.05) is 0 Å². The molecule has 53 heavy (non-hydrogen) atoms. The third-order valence-electron chi connectivity index (χ3n) is 6.92. The standard InChI is InChI=1S/C37H74O16/c1-2-3-4-5-6-7-8-37(39)53-36-35-52-34-33-51-32-31-50-30-29-49-28-27-48-26-25-47-24-23-46-22-21-45-20-19-44-18-17-43-16-15-42-14-13-41-12-11-40-10-9-38/h38H,2-36H2,1H3. The molecule has 0 saturated carbocycles. The third kappa shape index (κ3) is 48.9. The van der Waals surface area contributed by atoms with Gasteiger partial charge in [0.2, 0.25) is 0 Å². The van der Waals surface area contributed by atoms with Crippen molar-refractivity contribution >= 4 is 5.97 Å². The summed E-state index contributed by atoms with van der Waals surface area (Å²) in [4.78, 5) is 11.7. The Morgan fingerprint density at radius 3 is 0.811 bits per heavy atom. The second kappa shape index (κ2) is 48.9. The van der Waals surface area contributed by atoms with Crippen LogP contribution in [0.4, 0.5) is 0 Å². The van der Waals surface area contributed by atoms with Gasteiger partial charge in [0, 0.05) is 6.42 Å². The largest absolute Gasteiger partial charge is 0.463 e. The molecule has 0 unspecified atom stereocenters. The van der Waals surface area contributed by atoms with Crippen LogP contribution >= 0.6 is 0 Å². The minimum Gasteiger partial charge on any atom is -0.463 e. The summed E-state index contributed by atoms with van der Waals surface area (Å²) in [5, 5.41) is 8.59. The van der Waals surface area contributed by atoms with E-state index in [-0.39, 0.29) is 19.2 Å². The van der Waals surface area contributed by atoms with E-state index >= 15 is 0 Å². The SMILES string of the molecule is CCCCCCCCC(=O)OCCOCCOCCOCCOCCOCCOCCOCCOCCOCCOCCOCCOCCOCCO. The van der Waals surface area contributed by atoms with Gasteiger partial charge in [-0.1, -0.05) is 39.0 Å². The van der Waals surface area contributed by atoms with Crippen LogP contribution in [-0.4, -0.2) is 196 Å². The molecule has 0 radical (unpaired) electrons. The van der Waals surface area contributed by atoms with Gasteiger partial charge in [-0.3, -0.25) is 4.79 Å². The van der Waals surface area contributed by atoms with Gasteiger partial charge in [-0.05, 0) is 6.42 Å². The number of aliphatic hydroxyl groups excluding tert-OH is 1. The fourth-order valence-electron chi connectivity index (χ4n) is 4.14. The van der Waals surface area contributed by atoms with E-state index in [0.717, 1.165) is 12.8 Å². The van der Waals surface area contributed by atoms with Crippen LogP contribution in [0.3, 0.4) is 0 Å². The van der Waals surface area contributed by atoms with Crippen LogP contribution < -0.4 is 0 Å². The summed E-state index contributed by atoms with van der Waals surface area (Å²) >= 11 is 0. The lowest BCUT2D eigenvalue weighted by atomic mass is 10.1. The molecule has 0 aliphatic carbocycles. The first-order chi connectivity index (χ1) is 26.3. The van der Waals surface area contributed by atoms with Crippen LogP contribution in [-0.2, 0) is 71.1 Å². The summed E-state index contributed by atoms with van der Waals surface area (Å²) in [5.41, 5.74) is 0. The Bertz CT molecular complexity index is 679. The van der Waals surface area contributed by atoms with Gasteiger partial charge in [0.1, 0.15) is 6.61 Å². The van der Waals surface area contributed by atoms with Crippen molar-refractivity contribution in [1.82, 2.24) is 0 Å². The van der Waals surface area contributed by atoms with Gasteiger partial charge in [-0.25, -0.2) is 0 Å². The van der Waals surface area contributed by atoms with Gasteiger partial charge >= 0.3 is 5.97 Å². The molecule has 0 fully saturated rings. The van der Waals surface area contributed by atoms with Crippen molar-refractivity contribution < 1.29 is 76.2 Å². The van der Waals surface area contributed by atoms with E-state index in [0.29, 0.717) is 178 Å². The van der Waals surface area contributed by atoms with Crippen molar-refractivity contribution in [3.05, 3.63) is 0 Å². The van der Waals surface area contributed by atoms with Gasteiger partial charge in [0.25, 0.3) is 0 Å². The van der Waals surface area contributed by atoms with Crippen molar-refractivity contribution in [2.75, 3.05) is 185 Å². The van der Waals surface area contributed by atoms with Gasteiger partial charge in [0.15, 0.2) is 0 Å². The molecule has 0 atom stereocenters. The molecular weight excluding hydrogens is 700 g/mol. The summed E-state index contributed by atoms with van der Waals surface area (Å²) < 4.78 is 75.7. The van der Waals surface area contributed by atoms with Crippen LogP contribution in [0.2, 0.25) is 0 Å². The van der Waals surface area contributed by atoms with E-state index in [1.54, 1.807) is 0 Å². The average Bonchev–Trinajstić information content (AvgIpc) is 3.16. The molecular formula is C37H74O16. The number of hydrogen-bond acceptors (Lipinski definition) is 16. The molecule has 16 heteroatoms. The fraction of sp³-hybridized carbons (Fsp3) is 0.973. The monoisotopic (exact) mass is 774 g/mol. The molecule has 16 nitrogen and oxygen atoms in total. The molecule has 0 bridgehead atoms. The lowest BCUT2D eigenvalue weighted by molar-refractivity contribution is -0.145. The van der Waals surface area contributed by atoms with Gasteiger partial charge in [0.05, 0.1) is 178 Å². The first-order valence-corrected chi connectivity index (χ1v) is 19.6. The van der Waals surface area contributed by atoms with Crippen molar-refractivity contribution in [2.24, 2.45) is 0 Å². The minimum atomic E-state index is -0.147. The molecule has 0 spiro atoms. The van der Waals surface area contributed by atoms with Crippen LogP contribution in [0.15, 0.2) is 0 Å². The van der Waals surface area contributed by atoms with Gasteiger partial charge in [-0.15, -0.1) is 0 Å². The minimum absolute atomic E-state index is 0.0217. The van der Waals surface area contributed by atoms with E-state index in [1.165, 1.54) is 25.7 Å². The first-order valence-electron chi connectivity index (χ1n) is 19.6. The summed E-state index contributed by atoms with van der Waals surface area (Å²) in [6.07, 6.45) is 7.40. The second-order valence-corrected chi connectivity index (χ2v) is 11.4. The zero-order valence-corrected chi connectivity index (χ0v) is 32.8. The van der Waals surface area contributed by atoms with Crippen LogP contribution in [0.5, 0.6) is 0 Å². The van der Waals surface area contributed by atoms with Crippen LogP contribution in [0.1, 0.15) is 51.9 Å². The normalized spacial score (nSPS) is 11.5. The highest BCUT2D eigenvalue weighted by molar-refractivity contribution is 5.69. The van der Waals surface area contributed by atoms with Crippen molar-refractivity contribution in [3.8, 4) is 0 Å². The predicted octanol–water partition coefficient (Wildman–Crippen LogP) is 2.49. The van der Waals surface area contributed by atoms with E-state index < -0.39 is 0 Å². The number of carbonyl (C=O) groups is 1. The third-order valence-corrected chi connectivity index (χ3v) is 6.92. The molecule has 0 rings (SSSR count). The number of ether oxygens (including phenoxy) is 14. The Morgan fingerprint density at radius 1 is 0.321 bits per heavy atom. The average molecular weight is 775 g/mol. The van der Waals surface area contributed by atoms with Crippen molar-refractivity contribution in [1.29, 1.82) is 0 Å². The Balaban J connectivity index is 3.09. The summed E-state index contributed by atoms with van der Waals surface area (Å²) in [6.45, 7) is 15.0. The highest BCUT2D eigenvalue weighted by atomic mass is 16.6. The number of esters is 1. The van der Waals surface area contributed by atoms with Gasteiger partial charge in [-0.2, -0.15) is 0 Å². The van der Waals surface area contributed by atoms with Gasteiger partial charge < -0.3 is 71.4 Å². The van der Waals surface area contributed by atoms with E-state index in [2.05, 4.69) is 6.92 Å². The smallest absolute Gasteiger partial charge is 0.305 e. The quantitative estimate of drug-likeness (QED) is 0.0707. The van der Waals surface area contributed by atoms with E-state index in [9.17, 15) is 4.79 Å². The molecule has 0 saturated heterocycles. The number of carbonyl (C=O) groups excluding carboxylic acids is 1. The maximum Gasteiger partial charge on any atom is 0.305 e. The molecule has 0 aliphatic heterocycles. The Hall–Kier alpha value is -1.09. The molecule has 0 aromatic rings. The zero-order valence-electron chi connectivity index (χ0n) is 32.8. The molecule has 0 aliphatic rings. The lowest BCUT2D eigenvalue weighted by Gasteiger charge is -2.09. The molecule has 0 aromatic carbocycles. The summed E-state index contributed by atoms with van der Waals surface area (Å²) in [6, 6.07) is 0. The molecule has 0 aromatic heterocycles. The van der Waals surface area contributed by atoms with Crippen molar-refractivity contribution in [3.63, 3.8) is 0 Å². The van der Waals surface area contributed by atoms with E-state index in [4.69, 9.17) is 71.4 Å². The fourth-order valence-corrected chi connectivity index (χ4v) is 4.14. The molecule has 0 heterocycles. The Kier molecular flexibility index (Phi) is 47.9. The Labute approximate surface area is 318 Å². The molecule has 1 N–H and O–H groups in total. The zero-order chi connectivity index (χ0) is 38.2. The molecule has 318 valence electrons. The lowest BCUT2D eigenvalue weighted by Crippen LogP contribution is -2.16. The first kappa shape index (κ1) is 51.9. The van der Waals surface area contributed by atoms with Crippen LogP contribution in [0, 0.1) is 0 Å². The highest BCUT2D eigenvalue weighted by Gasteiger charge is 2.03. The maximum atomic E-state index is 11.7. The second-order valence-electron chi connectivity index (χ2n) is 11.4. The molecule has 0 amide bonds. The maximum absolute atomic E-state index is 11.7.